The fourth-order valence-electron chi connectivity index (χ4n) is 2.98. The predicted octanol–water partition coefficient (Wildman–Crippen LogP) is 1.08. The molecular weight excluding hydrogens is 228 g/mol. The first-order valence-electron chi connectivity index (χ1n) is 6.79. The first-order chi connectivity index (χ1) is 8.88. The average Bonchev–Trinajstić information content (AvgIpc) is 2.47. The fraction of sp³-hybridized carbons (Fsp3) is 0.692. The first kappa shape index (κ1) is 11.9. The Morgan fingerprint density at radius 2 is 2.28 bits per heavy atom. The van der Waals surface area contributed by atoms with E-state index in [1.54, 1.807) is 6.20 Å². The van der Waals surface area contributed by atoms with E-state index in [4.69, 9.17) is 10.5 Å². The highest BCUT2D eigenvalue weighted by Crippen LogP contribution is 2.30. The van der Waals surface area contributed by atoms with Gasteiger partial charge in [-0.05, 0) is 18.9 Å². The molecule has 0 radical (unpaired) electrons. The third-order valence-electron chi connectivity index (χ3n) is 3.90. The Labute approximate surface area is 107 Å². The Kier molecular flexibility index (Phi) is 3.43. The van der Waals surface area contributed by atoms with Gasteiger partial charge in [0, 0.05) is 19.3 Å². The van der Waals surface area contributed by atoms with E-state index in [0.717, 1.165) is 31.2 Å². The Morgan fingerprint density at radius 3 is 3.17 bits per heavy atom. The first-order valence-corrected chi connectivity index (χ1v) is 6.79. The molecule has 1 saturated heterocycles. The lowest BCUT2D eigenvalue weighted by molar-refractivity contribution is -0.00933. The molecule has 1 aliphatic heterocycles. The molecule has 18 heavy (non-hydrogen) atoms. The van der Waals surface area contributed by atoms with Crippen LogP contribution < -0.4 is 10.6 Å². The average molecular weight is 248 g/mol. The van der Waals surface area contributed by atoms with E-state index >= 15 is 0 Å². The van der Waals surface area contributed by atoms with Gasteiger partial charge in [0.2, 0.25) is 5.95 Å². The van der Waals surface area contributed by atoms with Gasteiger partial charge in [-0.2, -0.15) is 0 Å². The minimum absolute atomic E-state index is 0.359. The molecular formula is C13H20N4O. The lowest BCUT2D eigenvalue weighted by Gasteiger charge is -2.43. The van der Waals surface area contributed by atoms with E-state index in [9.17, 15) is 0 Å². The largest absolute Gasteiger partial charge is 0.374 e. The minimum Gasteiger partial charge on any atom is -0.374 e. The highest BCUT2D eigenvalue weighted by molar-refractivity contribution is 5.34. The molecule has 3 rings (SSSR count). The van der Waals surface area contributed by atoms with E-state index in [2.05, 4.69) is 14.9 Å². The number of rotatable bonds is 2. The molecule has 1 aromatic heterocycles. The van der Waals surface area contributed by atoms with E-state index in [1.165, 1.54) is 19.3 Å². The van der Waals surface area contributed by atoms with Crippen molar-refractivity contribution in [2.45, 2.75) is 44.4 Å². The van der Waals surface area contributed by atoms with E-state index in [-0.39, 0.29) is 0 Å². The predicted molar refractivity (Wildman–Crippen MR) is 69.3 cm³/mol. The molecule has 0 spiro atoms. The van der Waals surface area contributed by atoms with Gasteiger partial charge in [0.25, 0.3) is 0 Å². The van der Waals surface area contributed by atoms with Crippen LogP contribution in [0, 0.1) is 0 Å². The maximum absolute atomic E-state index is 5.87. The molecule has 2 fully saturated rings. The number of nitrogens with two attached hydrogens (primary N) is 1. The van der Waals surface area contributed by atoms with Crippen molar-refractivity contribution in [3.8, 4) is 0 Å². The van der Waals surface area contributed by atoms with Gasteiger partial charge in [-0.25, -0.2) is 9.97 Å². The van der Waals surface area contributed by atoms with E-state index in [0.29, 0.717) is 18.7 Å². The van der Waals surface area contributed by atoms with Crippen molar-refractivity contribution in [1.29, 1.82) is 0 Å². The number of ether oxygens (including phenoxy) is 1. The van der Waals surface area contributed by atoms with Crippen molar-refractivity contribution in [3.63, 3.8) is 0 Å². The van der Waals surface area contributed by atoms with Crippen LogP contribution in [0.3, 0.4) is 0 Å². The maximum Gasteiger partial charge on any atom is 0.225 e. The summed E-state index contributed by atoms with van der Waals surface area (Å²) in [6, 6.07) is 2.32. The molecule has 0 amide bonds. The summed E-state index contributed by atoms with van der Waals surface area (Å²) in [5, 5.41) is 0. The molecule has 2 unspecified atom stereocenters. The Balaban J connectivity index is 1.84. The van der Waals surface area contributed by atoms with Crippen LogP contribution in [-0.2, 0) is 11.3 Å². The summed E-state index contributed by atoms with van der Waals surface area (Å²) in [5.74, 6) is 0.818. The summed E-state index contributed by atoms with van der Waals surface area (Å²) in [6.07, 6.45) is 7.06. The molecule has 98 valence electrons. The van der Waals surface area contributed by atoms with Crippen molar-refractivity contribution in [2.75, 3.05) is 18.1 Å². The lowest BCUT2D eigenvalue weighted by atomic mass is 9.90. The molecule has 0 aromatic carbocycles. The van der Waals surface area contributed by atoms with E-state index in [1.807, 2.05) is 6.07 Å². The van der Waals surface area contributed by atoms with Gasteiger partial charge in [0.15, 0.2) is 0 Å². The highest BCUT2D eigenvalue weighted by Gasteiger charge is 2.35. The van der Waals surface area contributed by atoms with Gasteiger partial charge < -0.3 is 15.4 Å². The summed E-state index contributed by atoms with van der Waals surface area (Å²) in [7, 11) is 0. The number of aromatic nitrogens is 2. The number of morpholine rings is 1. The number of nitrogens with zero attached hydrogens (tertiary/aromatic N) is 3. The molecule has 2 aliphatic rings. The molecule has 1 saturated carbocycles. The van der Waals surface area contributed by atoms with Gasteiger partial charge in [-0.3, -0.25) is 0 Å². The summed E-state index contributed by atoms with van der Waals surface area (Å²) < 4.78 is 5.87. The van der Waals surface area contributed by atoms with Crippen LogP contribution in [0.25, 0.3) is 0 Å². The van der Waals surface area contributed by atoms with Crippen LogP contribution in [0.1, 0.15) is 31.4 Å². The lowest BCUT2D eigenvalue weighted by Crippen LogP contribution is -2.53. The van der Waals surface area contributed by atoms with Gasteiger partial charge in [0.05, 0.1) is 24.4 Å². The van der Waals surface area contributed by atoms with Crippen LogP contribution in [0.4, 0.5) is 5.95 Å². The van der Waals surface area contributed by atoms with E-state index < -0.39 is 0 Å². The normalized spacial score (nSPS) is 27.9. The number of hydrogen-bond acceptors (Lipinski definition) is 5. The summed E-state index contributed by atoms with van der Waals surface area (Å²) in [6.45, 7) is 2.13. The number of anilines is 1. The second kappa shape index (κ2) is 5.20. The maximum atomic E-state index is 5.87. The quantitative estimate of drug-likeness (QED) is 0.848. The molecule has 2 N–H and O–H groups in total. The molecule has 1 aliphatic carbocycles. The van der Waals surface area contributed by atoms with Gasteiger partial charge in [-0.1, -0.05) is 12.8 Å². The molecule has 5 heteroatoms. The zero-order chi connectivity index (χ0) is 12.4. The van der Waals surface area contributed by atoms with Crippen LogP contribution in [0.2, 0.25) is 0 Å². The summed E-state index contributed by atoms with van der Waals surface area (Å²) in [5.41, 5.74) is 6.55. The third-order valence-corrected chi connectivity index (χ3v) is 3.90. The fourth-order valence-corrected chi connectivity index (χ4v) is 2.98. The van der Waals surface area contributed by atoms with Gasteiger partial charge in [-0.15, -0.1) is 0 Å². The summed E-state index contributed by atoms with van der Waals surface area (Å²) in [4.78, 5) is 11.3. The Bertz CT molecular complexity index is 410. The molecule has 5 nitrogen and oxygen atoms in total. The second-order valence-electron chi connectivity index (χ2n) is 5.01. The van der Waals surface area contributed by atoms with Crippen molar-refractivity contribution < 1.29 is 4.74 Å². The van der Waals surface area contributed by atoms with Gasteiger partial charge in [0.1, 0.15) is 0 Å². The van der Waals surface area contributed by atoms with Crippen LogP contribution in [-0.4, -0.2) is 35.3 Å². The molecule has 2 heterocycles. The zero-order valence-electron chi connectivity index (χ0n) is 10.6. The SMILES string of the molecule is NCc1ccnc(N2CCOC3CCCCC32)n1. The van der Waals surface area contributed by atoms with Crippen molar-refractivity contribution in [2.24, 2.45) is 5.73 Å². The molecule has 2 atom stereocenters. The standard InChI is InChI=1S/C13H20N4O/c14-9-10-5-6-15-13(16-10)17-7-8-18-12-4-2-1-3-11(12)17/h5-6,11-12H,1-4,7-9,14H2. The zero-order valence-corrected chi connectivity index (χ0v) is 10.6. The van der Waals surface area contributed by atoms with Crippen LogP contribution in [0.5, 0.6) is 0 Å². The van der Waals surface area contributed by atoms with Crippen LogP contribution in [0.15, 0.2) is 12.3 Å². The Hall–Kier alpha value is -1.20. The summed E-state index contributed by atoms with van der Waals surface area (Å²) >= 11 is 0. The smallest absolute Gasteiger partial charge is 0.225 e. The highest BCUT2D eigenvalue weighted by atomic mass is 16.5. The topological polar surface area (TPSA) is 64.3 Å². The van der Waals surface area contributed by atoms with Gasteiger partial charge >= 0.3 is 0 Å². The Morgan fingerprint density at radius 1 is 1.39 bits per heavy atom. The van der Waals surface area contributed by atoms with Crippen LogP contribution >= 0.6 is 0 Å². The second-order valence-corrected chi connectivity index (χ2v) is 5.01. The van der Waals surface area contributed by atoms with Crippen molar-refractivity contribution >= 4 is 5.95 Å². The monoisotopic (exact) mass is 248 g/mol. The molecule has 0 bridgehead atoms. The minimum atomic E-state index is 0.359. The third kappa shape index (κ3) is 2.20. The molecule has 1 aromatic rings. The van der Waals surface area contributed by atoms with Crippen molar-refractivity contribution in [1.82, 2.24) is 9.97 Å². The number of hydrogen-bond donors (Lipinski definition) is 1. The van der Waals surface area contributed by atoms with Crippen molar-refractivity contribution in [3.05, 3.63) is 18.0 Å². The number of fused-ring (bicyclic) bond motifs is 1.